The molecule has 4 aromatic rings. The van der Waals surface area contributed by atoms with Crippen LogP contribution in [0.4, 0.5) is 11.4 Å². The first kappa shape index (κ1) is 27.1. The van der Waals surface area contributed by atoms with E-state index in [2.05, 4.69) is 10.6 Å². The zero-order valence-corrected chi connectivity index (χ0v) is 23.3. The number of benzene rings is 4. The number of nitrogens with one attached hydrogen (secondary N) is 2. The van der Waals surface area contributed by atoms with E-state index in [4.69, 9.17) is 39.5 Å². The molecular weight excluding hydrogens is 589 g/mol. The first-order valence-corrected chi connectivity index (χ1v) is 13.7. The van der Waals surface area contributed by atoms with Crippen LogP contribution in [-0.2, 0) is 15.0 Å². The smallest absolute Gasteiger partial charge is 0.269 e. The number of piperidine rings is 1. The van der Waals surface area contributed by atoms with Crippen LogP contribution in [0.2, 0.25) is 15.1 Å². The third-order valence-electron chi connectivity index (χ3n) is 7.56. The molecule has 2 aliphatic heterocycles. The molecule has 2 amide bonds. The number of nitro benzene ring substituents is 1. The van der Waals surface area contributed by atoms with Gasteiger partial charge in [-0.15, -0.1) is 0 Å². The molecule has 206 valence electrons. The van der Waals surface area contributed by atoms with Gasteiger partial charge in [0.1, 0.15) is 16.9 Å². The molecular formula is C30H20Cl3N3O5. The number of nitro groups is 1. The Hall–Kier alpha value is -4.11. The number of halogens is 3. The fraction of sp³-hybridized carbons (Fsp3) is 0.133. The SMILES string of the molecule is O=C1C[C@@H](c2cccc(Cl)c2)[C@]2(C(=O)Nc3cc(Cl)ccc32)[C@@H](c2cc(Cl)ccc2Oc2ccc([N+](=O)[O-])cc2)N1. The number of non-ortho nitro benzene ring substituents is 1. The minimum atomic E-state index is -1.34. The van der Waals surface area contributed by atoms with Crippen LogP contribution in [-0.4, -0.2) is 16.7 Å². The summed E-state index contributed by atoms with van der Waals surface area (Å²) in [4.78, 5) is 38.2. The number of rotatable bonds is 5. The largest absolute Gasteiger partial charge is 0.457 e. The van der Waals surface area contributed by atoms with Crippen molar-refractivity contribution in [1.29, 1.82) is 0 Å². The molecule has 4 aromatic carbocycles. The summed E-state index contributed by atoms with van der Waals surface area (Å²) < 4.78 is 6.19. The van der Waals surface area contributed by atoms with Gasteiger partial charge in [0.25, 0.3) is 5.69 Å². The molecule has 11 heteroatoms. The third kappa shape index (κ3) is 4.68. The van der Waals surface area contributed by atoms with Crippen molar-refractivity contribution in [2.75, 3.05) is 5.32 Å². The van der Waals surface area contributed by atoms with Crippen molar-refractivity contribution in [1.82, 2.24) is 5.32 Å². The topological polar surface area (TPSA) is 111 Å². The van der Waals surface area contributed by atoms with E-state index in [1.165, 1.54) is 24.3 Å². The second-order valence-electron chi connectivity index (χ2n) is 9.86. The summed E-state index contributed by atoms with van der Waals surface area (Å²) in [7, 11) is 0. The molecule has 0 saturated carbocycles. The van der Waals surface area contributed by atoms with E-state index in [9.17, 15) is 19.7 Å². The number of anilines is 1. The van der Waals surface area contributed by atoms with Gasteiger partial charge in [0.2, 0.25) is 11.8 Å². The molecule has 2 heterocycles. The second-order valence-corrected chi connectivity index (χ2v) is 11.2. The molecule has 3 atom stereocenters. The highest BCUT2D eigenvalue weighted by Gasteiger charge is 2.61. The minimum Gasteiger partial charge on any atom is -0.457 e. The second kappa shape index (κ2) is 10.4. The number of fused-ring (bicyclic) bond motifs is 2. The Morgan fingerprint density at radius 1 is 0.878 bits per heavy atom. The Balaban J connectivity index is 1.56. The quantitative estimate of drug-likeness (QED) is 0.179. The van der Waals surface area contributed by atoms with Gasteiger partial charge in [0.05, 0.1) is 11.0 Å². The number of carbonyl (C=O) groups excluding carboxylic acids is 2. The summed E-state index contributed by atoms with van der Waals surface area (Å²) in [5.41, 5.74) is 0.939. The lowest BCUT2D eigenvalue weighted by Gasteiger charge is -2.46. The Morgan fingerprint density at radius 3 is 2.32 bits per heavy atom. The van der Waals surface area contributed by atoms with Crippen LogP contribution in [0.3, 0.4) is 0 Å². The third-order valence-corrected chi connectivity index (χ3v) is 8.27. The molecule has 2 N–H and O–H groups in total. The van der Waals surface area contributed by atoms with E-state index in [0.717, 1.165) is 5.56 Å². The molecule has 0 unspecified atom stereocenters. The zero-order valence-electron chi connectivity index (χ0n) is 21.1. The number of amides is 2. The van der Waals surface area contributed by atoms with Crippen molar-refractivity contribution in [3.63, 3.8) is 0 Å². The van der Waals surface area contributed by atoms with Crippen molar-refractivity contribution in [3.8, 4) is 11.5 Å². The molecule has 41 heavy (non-hydrogen) atoms. The molecule has 0 aromatic heterocycles. The van der Waals surface area contributed by atoms with Gasteiger partial charge in [-0.3, -0.25) is 19.7 Å². The minimum absolute atomic E-state index is 0.0193. The molecule has 0 bridgehead atoms. The molecule has 0 aliphatic carbocycles. The summed E-state index contributed by atoms with van der Waals surface area (Å²) in [5, 5.41) is 18.4. The number of nitrogens with zero attached hydrogens (tertiary/aromatic N) is 1. The number of ether oxygens (including phenoxy) is 1. The Bertz CT molecular complexity index is 1730. The maximum atomic E-state index is 14.3. The molecule has 0 radical (unpaired) electrons. The average molecular weight is 609 g/mol. The lowest BCUT2D eigenvalue weighted by molar-refractivity contribution is -0.384. The fourth-order valence-electron chi connectivity index (χ4n) is 5.87. The molecule has 1 saturated heterocycles. The van der Waals surface area contributed by atoms with Gasteiger partial charge in [-0.2, -0.15) is 0 Å². The maximum absolute atomic E-state index is 14.3. The van der Waals surface area contributed by atoms with Crippen molar-refractivity contribution in [2.45, 2.75) is 23.8 Å². The van der Waals surface area contributed by atoms with Gasteiger partial charge in [0.15, 0.2) is 0 Å². The van der Waals surface area contributed by atoms with Crippen molar-refractivity contribution in [3.05, 3.63) is 127 Å². The van der Waals surface area contributed by atoms with E-state index >= 15 is 0 Å². The van der Waals surface area contributed by atoms with E-state index < -0.39 is 22.3 Å². The molecule has 1 spiro atoms. The van der Waals surface area contributed by atoms with Crippen molar-refractivity contribution in [2.24, 2.45) is 0 Å². The van der Waals surface area contributed by atoms with Crippen LogP contribution >= 0.6 is 34.8 Å². The Labute approximate surface area is 249 Å². The van der Waals surface area contributed by atoms with E-state index in [0.29, 0.717) is 43.4 Å². The van der Waals surface area contributed by atoms with Crippen molar-refractivity contribution < 1.29 is 19.2 Å². The van der Waals surface area contributed by atoms with Gasteiger partial charge < -0.3 is 15.4 Å². The molecule has 1 fully saturated rings. The summed E-state index contributed by atoms with van der Waals surface area (Å²) in [5.74, 6) is -0.582. The highest BCUT2D eigenvalue weighted by molar-refractivity contribution is 6.31. The Kier molecular flexibility index (Phi) is 6.85. The summed E-state index contributed by atoms with van der Waals surface area (Å²) in [6, 6.07) is 21.9. The Morgan fingerprint density at radius 2 is 1.59 bits per heavy atom. The number of carbonyl (C=O) groups is 2. The standard InChI is InChI=1S/C30H20Cl3N3O5/c31-17-3-1-2-16(12-17)24-15-27(37)35-28(30(24)23-10-4-19(33)14-25(23)34-29(30)38)22-13-18(32)5-11-26(22)41-21-8-6-20(7-9-21)36(39)40/h1-14,24,28H,15H2,(H,34,38)(H,35,37)/t24-,28+,30-/m0/s1. The highest BCUT2D eigenvalue weighted by atomic mass is 35.5. The zero-order chi connectivity index (χ0) is 28.9. The summed E-state index contributed by atoms with van der Waals surface area (Å²) in [6.45, 7) is 0. The van der Waals surface area contributed by atoms with Gasteiger partial charge in [0, 0.05) is 50.8 Å². The van der Waals surface area contributed by atoms with Crippen molar-refractivity contribution >= 4 is 58.0 Å². The lowest BCUT2D eigenvalue weighted by atomic mass is 9.59. The van der Waals surface area contributed by atoms with Gasteiger partial charge in [-0.1, -0.05) is 53.0 Å². The predicted octanol–water partition coefficient (Wildman–Crippen LogP) is 7.58. The molecule has 6 rings (SSSR count). The normalized spacial score (nSPS) is 21.2. The van der Waals surface area contributed by atoms with Gasteiger partial charge >= 0.3 is 0 Å². The van der Waals surface area contributed by atoms with Crippen LogP contribution in [0.5, 0.6) is 11.5 Å². The van der Waals surface area contributed by atoms with E-state index in [1.54, 1.807) is 54.6 Å². The molecule has 2 aliphatic rings. The van der Waals surface area contributed by atoms with Crippen LogP contribution < -0.4 is 15.4 Å². The van der Waals surface area contributed by atoms with Crippen LogP contribution in [0, 0.1) is 10.1 Å². The first-order chi connectivity index (χ1) is 19.7. The first-order valence-electron chi connectivity index (χ1n) is 12.5. The number of hydrogen-bond acceptors (Lipinski definition) is 5. The fourth-order valence-corrected chi connectivity index (χ4v) is 6.42. The summed E-state index contributed by atoms with van der Waals surface area (Å²) in [6.07, 6.45) is 0.0193. The van der Waals surface area contributed by atoms with E-state index in [1.807, 2.05) is 6.07 Å². The predicted molar refractivity (Wildman–Crippen MR) is 156 cm³/mol. The van der Waals surface area contributed by atoms with Gasteiger partial charge in [-0.25, -0.2) is 0 Å². The van der Waals surface area contributed by atoms with E-state index in [-0.39, 0.29) is 23.9 Å². The van der Waals surface area contributed by atoms with Crippen LogP contribution in [0.15, 0.2) is 84.9 Å². The van der Waals surface area contributed by atoms with Gasteiger partial charge in [-0.05, 0) is 65.7 Å². The van der Waals surface area contributed by atoms with Crippen LogP contribution in [0.25, 0.3) is 0 Å². The lowest BCUT2D eigenvalue weighted by Crippen LogP contribution is -2.56. The monoisotopic (exact) mass is 607 g/mol. The maximum Gasteiger partial charge on any atom is 0.269 e. The average Bonchev–Trinajstić information content (AvgIpc) is 3.22. The highest BCUT2D eigenvalue weighted by Crippen LogP contribution is 2.58. The van der Waals surface area contributed by atoms with Crippen LogP contribution in [0.1, 0.15) is 35.1 Å². The molecule has 8 nitrogen and oxygen atoms in total. The number of hydrogen-bond donors (Lipinski definition) is 2. The summed E-state index contributed by atoms with van der Waals surface area (Å²) >= 11 is 19.2.